The first-order valence-electron chi connectivity index (χ1n) is 6.95. The molecule has 2 N–H and O–H groups in total. The maximum atomic E-state index is 5.33. The summed E-state index contributed by atoms with van der Waals surface area (Å²) in [5, 5.41) is 11.3. The zero-order valence-electron chi connectivity index (χ0n) is 12.9. The van der Waals surface area contributed by atoms with E-state index >= 15 is 0 Å². The van der Waals surface area contributed by atoms with E-state index in [4.69, 9.17) is 26.2 Å². The minimum absolute atomic E-state index is 0.389. The summed E-state index contributed by atoms with van der Waals surface area (Å²) in [5.41, 5.74) is 1.43. The van der Waals surface area contributed by atoms with Gasteiger partial charge in [0.25, 0.3) is 0 Å². The third-order valence-electron chi connectivity index (χ3n) is 3.31. The molecule has 1 heterocycles. The minimum atomic E-state index is 0.389. The fourth-order valence-electron chi connectivity index (χ4n) is 2.19. The quantitative estimate of drug-likeness (QED) is 0.620. The highest BCUT2D eigenvalue weighted by Gasteiger charge is 2.11. The number of aromatic nitrogens is 1. The van der Waals surface area contributed by atoms with Gasteiger partial charge in [-0.2, -0.15) is 0 Å². The Labute approximate surface area is 152 Å². The van der Waals surface area contributed by atoms with Gasteiger partial charge in [0.05, 0.1) is 19.6 Å². The van der Waals surface area contributed by atoms with E-state index < -0.39 is 0 Å². The maximum absolute atomic E-state index is 5.33. The van der Waals surface area contributed by atoms with Crippen LogP contribution in [0.15, 0.2) is 45.4 Å². The van der Waals surface area contributed by atoms with Gasteiger partial charge in [0.15, 0.2) is 28.0 Å². The predicted molar refractivity (Wildman–Crippen MR) is 101 cm³/mol. The van der Waals surface area contributed by atoms with Crippen LogP contribution in [0.3, 0.4) is 0 Å². The Morgan fingerprint density at radius 3 is 2.62 bits per heavy atom. The van der Waals surface area contributed by atoms with Crippen LogP contribution in [0.2, 0.25) is 0 Å². The molecule has 3 aromatic rings. The van der Waals surface area contributed by atoms with Crippen molar-refractivity contribution in [1.82, 2.24) is 5.16 Å². The van der Waals surface area contributed by atoms with Gasteiger partial charge in [-0.25, -0.2) is 0 Å². The first-order valence-corrected chi connectivity index (χ1v) is 8.16. The van der Waals surface area contributed by atoms with Gasteiger partial charge in [0.1, 0.15) is 0 Å². The van der Waals surface area contributed by atoms with Crippen molar-refractivity contribution < 1.29 is 14.0 Å². The summed E-state index contributed by atoms with van der Waals surface area (Å²) in [7, 11) is 3.17. The van der Waals surface area contributed by atoms with Crippen molar-refractivity contribution in [2.45, 2.75) is 0 Å². The lowest BCUT2D eigenvalue weighted by atomic mass is 10.2. The number of rotatable bonds is 4. The molecule has 0 amide bonds. The Hall–Kier alpha value is -2.32. The van der Waals surface area contributed by atoms with E-state index in [-0.39, 0.29) is 0 Å². The monoisotopic (exact) mass is 407 g/mol. The van der Waals surface area contributed by atoms with E-state index in [2.05, 4.69) is 31.7 Å². The van der Waals surface area contributed by atoms with Gasteiger partial charge in [0, 0.05) is 16.2 Å². The molecule has 1 aromatic heterocycles. The first-order chi connectivity index (χ1) is 11.6. The standard InChI is InChI=1S/C16H14BrN3O3S/c1-21-12-6-4-10(8-14(12)22-2)18-16(24)19-15-11-5-3-9(17)7-13(11)23-20-15/h3-8H,1-2H3,(H2,18,19,20,24). The second kappa shape index (κ2) is 7.06. The molecule has 0 unspecified atom stereocenters. The van der Waals surface area contributed by atoms with Crippen molar-refractivity contribution in [1.29, 1.82) is 0 Å². The molecule has 24 heavy (non-hydrogen) atoms. The van der Waals surface area contributed by atoms with Gasteiger partial charge < -0.3 is 24.6 Å². The molecule has 0 saturated carbocycles. The molecule has 0 saturated heterocycles. The number of hydrogen-bond donors (Lipinski definition) is 2. The van der Waals surface area contributed by atoms with Crippen molar-refractivity contribution >= 4 is 55.7 Å². The molecule has 0 aliphatic rings. The number of hydrogen-bond acceptors (Lipinski definition) is 5. The summed E-state index contributed by atoms with van der Waals surface area (Å²) in [6.45, 7) is 0. The first kappa shape index (κ1) is 16.5. The molecule has 124 valence electrons. The molecule has 2 aromatic carbocycles. The molecular weight excluding hydrogens is 394 g/mol. The van der Waals surface area contributed by atoms with E-state index in [1.54, 1.807) is 26.4 Å². The maximum Gasteiger partial charge on any atom is 0.183 e. The highest BCUT2D eigenvalue weighted by molar-refractivity contribution is 9.10. The van der Waals surface area contributed by atoms with Gasteiger partial charge in [-0.05, 0) is 42.5 Å². The molecule has 0 spiro atoms. The second-order valence-corrected chi connectivity index (χ2v) is 6.14. The molecule has 0 fully saturated rings. The van der Waals surface area contributed by atoms with E-state index in [1.807, 2.05) is 24.3 Å². The Kier molecular flexibility index (Phi) is 4.86. The average molecular weight is 408 g/mol. The number of nitrogens with zero attached hydrogens (tertiary/aromatic N) is 1. The van der Waals surface area contributed by atoms with Crippen LogP contribution in [0, 0.1) is 0 Å². The summed E-state index contributed by atoms with van der Waals surface area (Å²) in [4.78, 5) is 0. The number of benzene rings is 2. The zero-order valence-corrected chi connectivity index (χ0v) is 15.3. The average Bonchev–Trinajstić information content (AvgIpc) is 2.96. The van der Waals surface area contributed by atoms with Crippen LogP contribution in [0.5, 0.6) is 11.5 Å². The lowest BCUT2D eigenvalue weighted by molar-refractivity contribution is 0.355. The number of halogens is 1. The highest BCUT2D eigenvalue weighted by Crippen LogP contribution is 2.30. The topological polar surface area (TPSA) is 68.5 Å². The number of ether oxygens (including phenoxy) is 2. The van der Waals surface area contributed by atoms with E-state index in [0.717, 1.165) is 15.5 Å². The zero-order chi connectivity index (χ0) is 17.1. The van der Waals surface area contributed by atoms with Gasteiger partial charge in [0.2, 0.25) is 0 Å². The summed E-state index contributed by atoms with van der Waals surface area (Å²) >= 11 is 8.72. The molecule has 0 atom stereocenters. The number of fused-ring (bicyclic) bond motifs is 1. The summed E-state index contributed by atoms with van der Waals surface area (Å²) in [6.07, 6.45) is 0. The molecule has 0 bridgehead atoms. The van der Waals surface area contributed by atoms with Crippen LogP contribution in [-0.4, -0.2) is 24.5 Å². The van der Waals surface area contributed by atoms with Crippen molar-refractivity contribution in [3.63, 3.8) is 0 Å². The van der Waals surface area contributed by atoms with Crippen LogP contribution in [0.4, 0.5) is 11.5 Å². The highest BCUT2D eigenvalue weighted by atomic mass is 79.9. The molecule has 6 nitrogen and oxygen atoms in total. The van der Waals surface area contributed by atoms with Crippen LogP contribution in [0.25, 0.3) is 11.0 Å². The van der Waals surface area contributed by atoms with Crippen molar-refractivity contribution in [2.75, 3.05) is 24.9 Å². The minimum Gasteiger partial charge on any atom is -0.493 e. The van der Waals surface area contributed by atoms with Crippen molar-refractivity contribution in [3.8, 4) is 11.5 Å². The van der Waals surface area contributed by atoms with Gasteiger partial charge in [-0.1, -0.05) is 21.1 Å². The van der Waals surface area contributed by atoms with E-state index in [9.17, 15) is 0 Å². The lowest BCUT2D eigenvalue weighted by Crippen LogP contribution is -2.19. The summed E-state index contributed by atoms with van der Waals surface area (Å²) in [6, 6.07) is 11.1. The largest absolute Gasteiger partial charge is 0.493 e. The van der Waals surface area contributed by atoms with Gasteiger partial charge in [-0.3, -0.25) is 0 Å². The van der Waals surface area contributed by atoms with Crippen LogP contribution < -0.4 is 20.1 Å². The van der Waals surface area contributed by atoms with Gasteiger partial charge >= 0.3 is 0 Å². The molecule has 0 aliphatic carbocycles. The Morgan fingerprint density at radius 1 is 1.08 bits per heavy atom. The van der Waals surface area contributed by atoms with Gasteiger partial charge in [-0.15, -0.1) is 0 Å². The normalized spacial score (nSPS) is 10.5. The lowest BCUT2D eigenvalue weighted by Gasteiger charge is -2.12. The third kappa shape index (κ3) is 3.44. The number of thiocarbonyl (C=S) groups is 1. The summed E-state index contributed by atoms with van der Waals surface area (Å²) < 4.78 is 16.7. The smallest absolute Gasteiger partial charge is 0.183 e. The Balaban J connectivity index is 1.75. The van der Waals surface area contributed by atoms with Crippen molar-refractivity contribution in [2.24, 2.45) is 0 Å². The fourth-order valence-corrected chi connectivity index (χ4v) is 2.74. The molecular formula is C16H14BrN3O3S. The molecule has 8 heteroatoms. The predicted octanol–water partition coefficient (Wildman–Crippen LogP) is 4.42. The van der Waals surface area contributed by atoms with Crippen LogP contribution in [-0.2, 0) is 0 Å². The van der Waals surface area contributed by atoms with Crippen LogP contribution >= 0.6 is 28.1 Å². The van der Waals surface area contributed by atoms with Crippen molar-refractivity contribution in [3.05, 3.63) is 40.9 Å². The second-order valence-electron chi connectivity index (χ2n) is 4.82. The SMILES string of the molecule is COc1ccc(NC(=S)Nc2noc3cc(Br)ccc23)cc1OC. The molecule has 0 radical (unpaired) electrons. The molecule has 3 rings (SSSR count). The third-order valence-corrected chi connectivity index (χ3v) is 4.00. The van der Waals surface area contributed by atoms with E-state index in [0.29, 0.717) is 28.0 Å². The van der Waals surface area contributed by atoms with Crippen LogP contribution in [0.1, 0.15) is 0 Å². The number of nitrogens with one attached hydrogen (secondary N) is 2. The fraction of sp³-hybridized carbons (Fsp3) is 0.125. The Morgan fingerprint density at radius 2 is 1.88 bits per heavy atom. The number of anilines is 2. The summed E-state index contributed by atoms with van der Waals surface area (Å²) in [5.74, 6) is 1.81. The number of methoxy groups -OCH3 is 2. The molecule has 0 aliphatic heterocycles. The van der Waals surface area contributed by atoms with E-state index in [1.165, 1.54) is 0 Å². The Bertz CT molecular complexity index is 897.